The van der Waals surface area contributed by atoms with Crippen LogP contribution in [0.4, 0.5) is 0 Å². The van der Waals surface area contributed by atoms with Crippen LogP contribution in [0, 0.1) is 5.92 Å². The van der Waals surface area contributed by atoms with Gasteiger partial charge < -0.3 is 107 Å². The molecule has 0 aliphatic carbocycles. The molecule has 616 valence electrons. The van der Waals surface area contributed by atoms with Crippen molar-refractivity contribution < 1.29 is 82.4 Å². The Morgan fingerprint density at radius 3 is 1.14 bits per heavy atom. The number of aliphatic hydroxyl groups is 2. The Morgan fingerprint density at radius 1 is 0.381 bits per heavy atom. The lowest BCUT2D eigenvalue weighted by Gasteiger charge is -2.30. The van der Waals surface area contributed by atoms with E-state index in [1.54, 1.807) is 135 Å². The van der Waals surface area contributed by atoms with E-state index in [0.29, 0.717) is 52.4 Å². The Morgan fingerprint density at radius 2 is 0.717 bits per heavy atom. The highest BCUT2D eigenvalue weighted by Gasteiger charge is 2.39. The number of nitrogens with one attached hydrogen (secondary N) is 14. The number of thiol groups is 2. The summed E-state index contributed by atoms with van der Waals surface area (Å²) in [5, 5.41) is 64.5. The minimum absolute atomic E-state index is 0.0421. The number of benzene rings is 4. The van der Waals surface area contributed by atoms with Gasteiger partial charge in [-0.05, 0) is 114 Å². The van der Waals surface area contributed by atoms with Gasteiger partial charge in [-0.3, -0.25) is 62.3 Å². The first-order valence-corrected chi connectivity index (χ1v) is 38.6. The number of hydrogen-bond donors (Lipinski definition) is 22. The molecule has 1 aromatic heterocycles. The average molecular weight is 1610 g/mol. The van der Waals surface area contributed by atoms with Crippen molar-refractivity contribution in [2.45, 2.75) is 196 Å². The van der Waals surface area contributed by atoms with E-state index in [1.165, 1.54) is 20.8 Å². The number of unbranched alkanes of at least 4 members (excludes halogenated alkanes) is 2. The molecule has 0 saturated carbocycles. The van der Waals surface area contributed by atoms with Gasteiger partial charge in [0.05, 0.1) is 18.8 Å². The molecule has 15 atom stereocenters. The number of carbonyl (C=O) groups excluding carboxylic acids is 13. The van der Waals surface area contributed by atoms with Gasteiger partial charge in [-0.25, -0.2) is 4.79 Å². The zero-order valence-electron chi connectivity index (χ0n) is 64.1. The van der Waals surface area contributed by atoms with Crippen molar-refractivity contribution in [1.29, 1.82) is 0 Å². The number of carbonyl (C=O) groups is 14. The molecule has 36 heteroatoms. The molecular formula is C77H109N17O17S2. The van der Waals surface area contributed by atoms with Crippen LogP contribution in [0.2, 0.25) is 0 Å². The van der Waals surface area contributed by atoms with Gasteiger partial charge in [0, 0.05) is 54.3 Å². The number of H-pyrrole nitrogens is 1. The number of carboxylic acids is 1. The molecule has 34 nitrogen and oxygen atoms in total. The first-order chi connectivity index (χ1) is 53.8. The maximum Gasteiger partial charge on any atom is 0.327 e. The van der Waals surface area contributed by atoms with Gasteiger partial charge in [-0.15, -0.1) is 0 Å². The summed E-state index contributed by atoms with van der Waals surface area (Å²) in [6.07, 6.45) is 0.645. The Labute approximate surface area is 666 Å². The smallest absolute Gasteiger partial charge is 0.327 e. The van der Waals surface area contributed by atoms with Crippen LogP contribution in [-0.2, 0) is 92.8 Å². The van der Waals surface area contributed by atoms with Crippen molar-refractivity contribution >= 4 is 119 Å². The molecule has 1 heterocycles. The summed E-state index contributed by atoms with van der Waals surface area (Å²) in [4.78, 5) is 199. The van der Waals surface area contributed by atoms with Gasteiger partial charge in [0.2, 0.25) is 76.8 Å². The number of aliphatic carboxylic acids is 1. The molecule has 0 saturated heterocycles. The number of aromatic amines is 1. The number of nitrogens with two attached hydrogens (primary N) is 3. The molecule has 0 spiro atoms. The maximum atomic E-state index is 15.3. The van der Waals surface area contributed by atoms with Crippen LogP contribution in [0.15, 0.2) is 121 Å². The van der Waals surface area contributed by atoms with Crippen molar-refractivity contribution in [3.63, 3.8) is 0 Å². The van der Waals surface area contributed by atoms with Crippen molar-refractivity contribution in [3.05, 3.63) is 144 Å². The molecule has 0 bridgehead atoms. The third-order valence-electron chi connectivity index (χ3n) is 18.3. The topological polar surface area (TPSA) is 550 Å². The Kier molecular flexibility index (Phi) is 39.4. The van der Waals surface area contributed by atoms with Crippen molar-refractivity contribution in [3.8, 4) is 0 Å². The fourth-order valence-electron chi connectivity index (χ4n) is 11.7. The Balaban J connectivity index is 1.44. The Hall–Kier alpha value is -10.5. The second kappa shape index (κ2) is 47.8. The van der Waals surface area contributed by atoms with E-state index in [0.717, 1.165) is 6.92 Å². The van der Waals surface area contributed by atoms with E-state index in [1.807, 2.05) is 0 Å². The monoisotopic (exact) mass is 1610 g/mol. The van der Waals surface area contributed by atoms with Crippen LogP contribution in [0.3, 0.4) is 0 Å². The number of amides is 13. The van der Waals surface area contributed by atoms with E-state index >= 15 is 14.4 Å². The zero-order chi connectivity index (χ0) is 83.4. The van der Waals surface area contributed by atoms with E-state index in [9.17, 15) is 68.1 Å². The quantitative estimate of drug-likeness (QED) is 0.0140. The number of hydrogen-bond acceptors (Lipinski definition) is 21. The van der Waals surface area contributed by atoms with E-state index in [2.05, 4.69) is 99.4 Å². The molecular weight excluding hydrogens is 1500 g/mol. The van der Waals surface area contributed by atoms with Gasteiger partial charge in [0.15, 0.2) is 0 Å². The van der Waals surface area contributed by atoms with Crippen LogP contribution in [0.25, 0.3) is 10.9 Å². The van der Waals surface area contributed by atoms with Crippen LogP contribution in [0.1, 0.15) is 102 Å². The number of aliphatic hydroxyl groups excluding tert-OH is 2. The fraction of sp³-hybridized carbons (Fsp3) is 0.481. The lowest BCUT2D eigenvalue weighted by molar-refractivity contribution is -0.142. The number of carboxylic acid groups (broad SMARTS) is 1. The van der Waals surface area contributed by atoms with Crippen molar-refractivity contribution in [2.24, 2.45) is 23.1 Å². The van der Waals surface area contributed by atoms with Crippen LogP contribution >= 0.6 is 25.3 Å². The summed E-state index contributed by atoms with van der Waals surface area (Å²) in [6.45, 7) is 7.92. The molecule has 0 aliphatic heterocycles. The summed E-state index contributed by atoms with van der Waals surface area (Å²) >= 11 is 8.15. The highest BCUT2D eigenvalue weighted by atomic mass is 32.1. The molecule has 0 unspecified atom stereocenters. The summed E-state index contributed by atoms with van der Waals surface area (Å²) in [5.74, 6) is -14.3. The van der Waals surface area contributed by atoms with Gasteiger partial charge in [0.25, 0.3) is 0 Å². The minimum Gasteiger partial charge on any atom is -0.480 e. The summed E-state index contributed by atoms with van der Waals surface area (Å²) in [7, 11) is 0. The fourth-order valence-corrected chi connectivity index (χ4v) is 12.2. The first kappa shape index (κ1) is 93.1. The molecule has 5 aromatic rings. The maximum absolute atomic E-state index is 15.3. The average Bonchev–Trinajstić information content (AvgIpc) is 1.57. The molecule has 5 rings (SSSR count). The number of para-hydroxylation sites is 1. The molecule has 13 amide bonds. The highest BCUT2D eigenvalue weighted by Crippen LogP contribution is 2.21. The number of fused-ring (bicyclic) bond motifs is 1. The van der Waals surface area contributed by atoms with Gasteiger partial charge in [0.1, 0.15) is 78.5 Å². The van der Waals surface area contributed by atoms with Crippen LogP contribution < -0.4 is 86.3 Å². The summed E-state index contributed by atoms with van der Waals surface area (Å²) < 4.78 is 0. The predicted octanol–water partition coefficient (Wildman–Crippen LogP) is -2.64. The first-order valence-electron chi connectivity index (χ1n) is 37.3. The third kappa shape index (κ3) is 30.5. The van der Waals surface area contributed by atoms with Crippen molar-refractivity contribution in [2.75, 3.05) is 31.2 Å². The standard InChI is InChI=1S/C77H109N17O17S2/c1-42(2)62(75(108)89-57(36-49-26-14-9-15-27-49)72(105)94-63(46(6)96)76(109)90-59(39-95)73(106)92-61(41-113)77(110)111)93-68(101)54(31-19-21-33-79)84-71(104)58(37-50-38-81-52-29-17-16-28-51(50)52)88-70(103)56(35-48-24-12-8-13-25-48)87-69(102)55(34-47-22-10-7-11-23-47)86-65(98)45(5)83-67(100)53(30-18-20-32-78)85-74(107)60(40-112)91-66(99)44(4)82-64(97)43(3)80/h7-17,22-29,38,42-46,53-63,81,95-96,112-113H,18-21,30-37,39-41,78-80H2,1-6H3,(H,82,97)(H,83,100)(H,84,104)(H,85,107)(H,86,98)(H,87,102)(H,88,103)(H,89,108)(H,90,109)(H,91,99)(H,92,106)(H,93,101)(H,94,105)(H,110,111)/t43-,44+,45-,46+,53-,54-,55-,56-,57+,58+,59-,60-,61-,62-,63-/m0/s1. The van der Waals surface area contributed by atoms with Crippen molar-refractivity contribution in [1.82, 2.24) is 74.1 Å². The molecule has 23 N–H and O–H groups in total. The molecule has 0 aliphatic rings. The third-order valence-corrected chi connectivity index (χ3v) is 19.0. The summed E-state index contributed by atoms with van der Waals surface area (Å²) in [6, 6.07) is 12.7. The molecule has 113 heavy (non-hydrogen) atoms. The van der Waals surface area contributed by atoms with Gasteiger partial charge in [-0.1, -0.05) is 123 Å². The molecule has 0 fully saturated rings. The molecule has 0 radical (unpaired) electrons. The largest absolute Gasteiger partial charge is 0.480 e. The number of aromatic nitrogens is 1. The highest BCUT2D eigenvalue weighted by molar-refractivity contribution is 7.80. The predicted molar refractivity (Wildman–Crippen MR) is 427 cm³/mol. The number of rotatable bonds is 48. The lowest BCUT2D eigenvalue weighted by atomic mass is 9.99. The zero-order valence-corrected chi connectivity index (χ0v) is 65.9. The lowest BCUT2D eigenvalue weighted by Crippen LogP contribution is -2.63. The van der Waals surface area contributed by atoms with Crippen LogP contribution in [0.5, 0.6) is 0 Å². The summed E-state index contributed by atoms with van der Waals surface area (Å²) in [5.41, 5.74) is 20.2. The van der Waals surface area contributed by atoms with Gasteiger partial charge >= 0.3 is 5.97 Å². The van der Waals surface area contributed by atoms with Gasteiger partial charge in [-0.2, -0.15) is 25.3 Å². The van der Waals surface area contributed by atoms with E-state index in [4.69, 9.17) is 17.2 Å². The van der Waals surface area contributed by atoms with Crippen LogP contribution in [-0.4, -0.2) is 225 Å². The second-order valence-corrected chi connectivity index (χ2v) is 28.6. The molecule has 4 aromatic carbocycles. The van der Waals surface area contributed by atoms with E-state index in [-0.39, 0.29) is 69.5 Å². The normalized spacial score (nSPS) is 15.2. The minimum atomic E-state index is -1.83. The SMILES string of the molecule is CC(C)[C@H](NC(=O)[C@H](CCCCN)NC(=O)[C@@H](Cc1c[nH]c2ccccc12)NC(=O)[C@H](Cc1ccccc1)NC(=O)[C@H](Cc1ccccc1)NC(=O)[C@H](C)NC(=O)[C@H](CCCCN)NC(=O)[C@H](CS)NC(=O)[C@@H](C)NC(=O)[C@H](C)N)C(=O)N[C@H](Cc1ccccc1)C(=O)N[C@H](C(=O)N[C@@H](CO)C(=O)N[C@@H](CS)C(=O)O)[C@@H](C)O. The van der Waals surface area contributed by atoms with E-state index < -0.39 is 186 Å². The second-order valence-electron chi connectivity index (χ2n) is 27.8. The Bertz CT molecular complexity index is 3990.